The Morgan fingerprint density at radius 3 is 2.67 bits per heavy atom. The minimum absolute atomic E-state index is 0.287. The number of aryl methyl sites for hydroxylation is 1. The number of hydrogen-bond donors (Lipinski definition) is 1. The van der Waals surface area contributed by atoms with E-state index in [2.05, 4.69) is 56.1 Å². The number of aromatic nitrogens is 2. The molecule has 0 aliphatic carbocycles. The standard InChI is InChI=1S/C17H32N4/c1-7-13(2)15-12-21(11-14-8-19-20(6)10-14)16(9-18-15)17(3,4)5/h8,10,13,15-16,18H,7,9,11-12H2,1-6H3. The normalized spacial score (nSPS) is 26.0. The van der Waals surface area contributed by atoms with Crippen LogP contribution in [-0.2, 0) is 13.6 Å². The highest BCUT2D eigenvalue weighted by atomic mass is 15.3. The Morgan fingerprint density at radius 2 is 2.14 bits per heavy atom. The molecule has 2 rings (SSSR count). The second-order valence-electron chi connectivity index (χ2n) is 7.73. The van der Waals surface area contributed by atoms with Gasteiger partial charge in [0.1, 0.15) is 0 Å². The van der Waals surface area contributed by atoms with Crippen LogP contribution in [0.2, 0.25) is 0 Å². The first-order valence-corrected chi connectivity index (χ1v) is 8.26. The summed E-state index contributed by atoms with van der Waals surface area (Å²) in [6, 6.07) is 1.17. The molecule has 1 aromatic heterocycles. The van der Waals surface area contributed by atoms with Crippen molar-refractivity contribution in [1.29, 1.82) is 0 Å². The smallest absolute Gasteiger partial charge is 0.0534 e. The van der Waals surface area contributed by atoms with Gasteiger partial charge >= 0.3 is 0 Å². The quantitative estimate of drug-likeness (QED) is 0.926. The molecule has 21 heavy (non-hydrogen) atoms. The predicted octanol–water partition coefficient (Wildman–Crippen LogP) is 2.65. The molecule has 0 bridgehead atoms. The van der Waals surface area contributed by atoms with E-state index < -0.39 is 0 Å². The van der Waals surface area contributed by atoms with E-state index in [4.69, 9.17) is 0 Å². The van der Waals surface area contributed by atoms with Crippen LogP contribution in [0.3, 0.4) is 0 Å². The van der Waals surface area contributed by atoms with Crippen LogP contribution in [0, 0.1) is 11.3 Å². The van der Waals surface area contributed by atoms with Crippen molar-refractivity contribution in [3.63, 3.8) is 0 Å². The van der Waals surface area contributed by atoms with Gasteiger partial charge in [-0.3, -0.25) is 9.58 Å². The summed E-state index contributed by atoms with van der Waals surface area (Å²) in [4.78, 5) is 2.66. The summed E-state index contributed by atoms with van der Waals surface area (Å²) >= 11 is 0. The van der Waals surface area contributed by atoms with Gasteiger partial charge in [0.2, 0.25) is 0 Å². The fourth-order valence-electron chi connectivity index (χ4n) is 3.32. The third-order valence-corrected chi connectivity index (χ3v) is 4.92. The zero-order chi connectivity index (χ0) is 15.6. The predicted molar refractivity (Wildman–Crippen MR) is 88.1 cm³/mol. The summed E-state index contributed by atoms with van der Waals surface area (Å²) in [5.41, 5.74) is 1.60. The average Bonchev–Trinajstić information content (AvgIpc) is 2.82. The van der Waals surface area contributed by atoms with Crippen LogP contribution >= 0.6 is 0 Å². The minimum atomic E-state index is 0.287. The lowest BCUT2D eigenvalue weighted by atomic mass is 9.82. The molecule has 120 valence electrons. The topological polar surface area (TPSA) is 33.1 Å². The Balaban J connectivity index is 2.12. The first-order chi connectivity index (χ1) is 9.81. The fraction of sp³-hybridized carbons (Fsp3) is 0.824. The minimum Gasteiger partial charge on any atom is -0.311 e. The van der Waals surface area contributed by atoms with Crippen molar-refractivity contribution < 1.29 is 0 Å². The van der Waals surface area contributed by atoms with E-state index in [9.17, 15) is 0 Å². The van der Waals surface area contributed by atoms with E-state index >= 15 is 0 Å². The van der Waals surface area contributed by atoms with Crippen molar-refractivity contribution in [2.75, 3.05) is 13.1 Å². The SMILES string of the molecule is CCC(C)C1CN(Cc2cnn(C)c2)C(C(C)(C)C)CN1. The number of rotatable bonds is 4. The Labute approximate surface area is 129 Å². The molecule has 3 atom stereocenters. The highest BCUT2D eigenvalue weighted by molar-refractivity contribution is 5.06. The lowest BCUT2D eigenvalue weighted by Crippen LogP contribution is -2.61. The van der Waals surface area contributed by atoms with Gasteiger partial charge in [0, 0.05) is 50.5 Å². The van der Waals surface area contributed by atoms with Gasteiger partial charge in [0.05, 0.1) is 6.20 Å². The maximum atomic E-state index is 4.31. The Morgan fingerprint density at radius 1 is 1.43 bits per heavy atom. The van der Waals surface area contributed by atoms with Crippen LogP contribution < -0.4 is 5.32 Å². The molecule has 0 radical (unpaired) electrons. The van der Waals surface area contributed by atoms with Crippen molar-refractivity contribution in [3.05, 3.63) is 18.0 Å². The molecule has 2 heterocycles. The van der Waals surface area contributed by atoms with Gasteiger partial charge in [-0.15, -0.1) is 0 Å². The van der Waals surface area contributed by atoms with E-state index in [1.165, 1.54) is 12.0 Å². The van der Waals surface area contributed by atoms with Crippen LogP contribution in [0.25, 0.3) is 0 Å². The molecule has 1 aliphatic heterocycles. The highest BCUT2D eigenvalue weighted by Gasteiger charge is 2.36. The molecule has 0 spiro atoms. The molecule has 0 aromatic carbocycles. The summed E-state index contributed by atoms with van der Waals surface area (Å²) in [5, 5.41) is 8.10. The molecular weight excluding hydrogens is 260 g/mol. The maximum absolute atomic E-state index is 4.31. The molecule has 1 aliphatic rings. The van der Waals surface area contributed by atoms with E-state index in [1.54, 1.807) is 0 Å². The van der Waals surface area contributed by atoms with E-state index in [0.29, 0.717) is 12.1 Å². The van der Waals surface area contributed by atoms with Crippen LogP contribution in [0.15, 0.2) is 12.4 Å². The highest BCUT2D eigenvalue weighted by Crippen LogP contribution is 2.29. The molecule has 4 heteroatoms. The number of hydrogen-bond acceptors (Lipinski definition) is 3. The van der Waals surface area contributed by atoms with E-state index in [1.807, 2.05) is 17.9 Å². The van der Waals surface area contributed by atoms with Crippen LogP contribution in [-0.4, -0.2) is 39.9 Å². The molecule has 1 fully saturated rings. The number of piperazine rings is 1. The fourth-order valence-corrected chi connectivity index (χ4v) is 3.32. The van der Waals surface area contributed by atoms with Crippen LogP contribution in [0.5, 0.6) is 0 Å². The molecule has 0 saturated carbocycles. The molecule has 4 nitrogen and oxygen atoms in total. The first-order valence-electron chi connectivity index (χ1n) is 8.26. The van der Waals surface area contributed by atoms with Gasteiger partial charge in [0.25, 0.3) is 0 Å². The molecule has 1 aromatic rings. The maximum Gasteiger partial charge on any atom is 0.0534 e. The van der Waals surface area contributed by atoms with Gasteiger partial charge in [-0.1, -0.05) is 41.0 Å². The molecule has 3 unspecified atom stereocenters. The second kappa shape index (κ2) is 6.49. The Hall–Kier alpha value is -0.870. The Kier molecular flexibility index (Phi) is 5.10. The Bertz CT molecular complexity index is 446. The van der Waals surface area contributed by atoms with Crippen molar-refractivity contribution in [2.24, 2.45) is 18.4 Å². The third-order valence-electron chi connectivity index (χ3n) is 4.92. The van der Waals surface area contributed by atoms with Crippen molar-refractivity contribution in [1.82, 2.24) is 20.0 Å². The van der Waals surface area contributed by atoms with E-state index in [-0.39, 0.29) is 5.41 Å². The number of nitrogens with one attached hydrogen (secondary N) is 1. The van der Waals surface area contributed by atoms with Crippen molar-refractivity contribution in [3.8, 4) is 0 Å². The van der Waals surface area contributed by atoms with Crippen LogP contribution in [0.4, 0.5) is 0 Å². The molecule has 1 saturated heterocycles. The zero-order valence-corrected chi connectivity index (χ0v) is 14.6. The summed E-state index contributed by atoms with van der Waals surface area (Å²) in [7, 11) is 1.99. The largest absolute Gasteiger partial charge is 0.311 e. The van der Waals surface area contributed by atoms with Gasteiger partial charge in [-0.25, -0.2) is 0 Å². The van der Waals surface area contributed by atoms with Gasteiger partial charge in [-0.05, 0) is 11.3 Å². The molecule has 1 N–H and O–H groups in total. The summed E-state index contributed by atoms with van der Waals surface area (Å²) in [5.74, 6) is 0.724. The first kappa shape index (κ1) is 16.5. The number of nitrogens with zero attached hydrogens (tertiary/aromatic N) is 3. The van der Waals surface area contributed by atoms with Gasteiger partial charge in [-0.2, -0.15) is 5.10 Å². The van der Waals surface area contributed by atoms with Gasteiger partial charge < -0.3 is 5.32 Å². The second-order valence-corrected chi connectivity index (χ2v) is 7.73. The molecular formula is C17H32N4. The average molecular weight is 292 g/mol. The van der Waals surface area contributed by atoms with E-state index in [0.717, 1.165) is 25.6 Å². The van der Waals surface area contributed by atoms with Crippen LogP contribution in [0.1, 0.15) is 46.6 Å². The monoisotopic (exact) mass is 292 g/mol. The van der Waals surface area contributed by atoms with Gasteiger partial charge in [0.15, 0.2) is 0 Å². The van der Waals surface area contributed by atoms with Crippen molar-refractivity contribution >= 4 is 0 Å². The summed E-state index contributed by atoms with van der Waals surface area (Å²) < 4.78 is 1.90. The lowest BCUT2D eigenvalue weighted by molar-refractivity contribution is 0.0379. The van der Waals surface area contributed by atoms with Crippen molar-refractivity contribution in [2.45, 2.75) is 59.7 Å². The summed E-state index contributed by atoms with van der Waals surface area (Å²) in [6.07, 6.45) is 5.37. The zero-order valence-electron chi connectivity index (χ0n) is 14.6. The lowest BCUT2D eigenvalue weighted by Gasteiger charge is -2.47. The third kappa shape index (κ3) is 4.07. The summed E-state index contributed by atoms with van der Waals surface area (Å²) in [6.45, 7) is 14.9. The molecule has 0 amide bonds.